The Kier molecular flexibility index (Phi) is 4.59. The molecule has 0 radical (unpaired) electrons. The maximum atomic E-state index is 11.8. The van der Waals surface area contributed by atoms with E-state index in [-0.39, 0.29) is 6.61 Å². The number of halogens is 2. The van der Waals surface area contributed by atoms with Crippen molar-refractivity contribution in [2.24, 2.45) is 0 Å². The molecule has 1 aromatic rings. The van der Waals surface area contributed by atoms with Crippen molar-refractivity contribution >= 4 is 22.2 Å². The fraction of sp³-hybridized carbons (Fsp3) is 0.300. The largest absolute Gasteiger partial charge is 0.492 e. The zero-order chi connectivity index (χ0) is 10.4. The van der Waals surface area contributed by atoms with Crippen LogP contribution in [0.15, 0.2) is 22.7 Å². The second kappa shape index (κ2) is 5.75. The summed E-state index contributed by atoms with van der Waals surface area (Å²) in [5, 5.41) is 0. The zero-order valence-corrected chi connectivity index (χ0v) is 9.09. The Hall–Kier alpha value is -0.900. The van der Waals surface area contributed by atoms with E-state index in [9.17, 15) is 9.18 Å². The molecule has 0 N–H and O–H groups in total. The molecule has 0 aliphatic rings. The lowest BCUT2D eigenvalue weighted by Crippen LogP contribution is -2.01. The lowest BCUT2D eigenvalue weighted by molar-refractivity contribution is 0.111. The number of rotatable bonds is 5. The highest BCUT2D eigenvalue weighted by Crippen LogP contribution is 2.27. The van der Waals surface area contributed by atoms with Crippen LogP contribution in [-0.2, 0) is 0 Å². The second-order valence-electron chi connectivity index (χ2n) is 2.67. The van der Waals surface area contributed by atoms with Crippen molar-refractivity contribution in [1.82, 2.24) is 0 Å². The van der Waals surface area contributed by atoms with Gasteiger partial charge in [0.1, 0.15) is 5.75 Å². The Bertz CT molecular complexity index is 315. The van der Waals surface area contributed by atoms with E-state index in [1.165, 1.54) is 0 Å². The van der Waals surface area contributed by atoms with Gasteiger partial charge < -0.3 is 4.74 Å². The molecule has 0 unspecified atom stereocenters. The van der Waals surface area contributed by atoms with Crippen LogP contribution in [0.5, 0.6) is 5.75 Å². The SMILES string of the molecule is O=Cc1cccc(Br)c1OCCCF. The minimum absolute atomic E-state index is 0.278. The molecule has 0 aromatic heterocycles. The van der Waals surface area contributed by atoms with Crippen molar-refractivity contribution in [1.29, 1.82) is 0 Å². The fourth-order valence-corrected chi connectivity index (χ4v) is 1.50. The smallest absolute Gasteiger partial charge is 0.153 e. The van der Waals surface area contributed by atoms with Crippen molar-refractivity contribution in [2.75, 3.05) is 13.3 Å². The highest BCUT2D eigenvalue weighted by molar-refractivity contribution is 9.10. The Morgan fingerprint density at radius 3 is 2.93 bits per heavy atom. The number of alkyl halides is 1. The lowest BCUT2D eigenvalue weighted by Gasteiger charge is -2.08. The van der Waals surface area contributed by atoms with Gasteiger partial charge in [-0.1, -0.05) is 6.07 Å². The maximum Gasteiger partial charge on any atom is 0.153 e. The molecule has 1 rings (SSSR count). The van der Waals surface area contributed by atoms with Crippen LogP contribution >= 0.6 is 15.9 Å². The van der Waals surface area contributed by atoms with Gasteiger partial charge in [-0.2, -0.15) is 0 Å². The first-order valence-corrected chi connectivity index (χ1v) is 5.01. The van der Waals surface area contributed by atoms with Gasteiger partial charge in [-0.15, -0.1) is 0 Å². The van der Waals surface area contributed by atoms with E-state index in [0.717, 1.165) is 6.29 Å². The summed E-state index contributed by atoms with van der Waals surface area (Å²) in [7, 11) is 0. The molecular formula is C10H10BrFO2. The van der Waals surface area contributed by atoms with E-state index in [1.807, 2.05) is 0 Å². The summed E-state index contributed by atoms with van der Waals surface area (Å²) in [6.45, 7) is -0.138. The van der Waals surface area contributed by atoms with E-state index in [2.05, 4.69) is 15.9 Å². The van der Waals surface area contributed by atoms with E-state index in [0.29, 0.717) is 22.2 Å². The second-order valence-corrected chi connectivity index (χ2v) is 3.52. The van der Waals surface area contributed by atoms with Crippen molar-refractivity contribution in [2.45, 2.75) is 6.42 Å². The number of carbonyl (C=O) groups excluding carboxylic acids is 1. The van der Waals surface area contributed by atoms with Crippen LogP contribution in [0.2, 0.25) is 0 Å². The van der Waals surface area contributed by atoms with Gasteiger partial charge >= 0.3 is 0 Å². The average molecular weight is 261 g/mol. The molecule has 0 spiro atoms. The van der Waals surface area contributed by atoms with Gasteiger partial charge in [0.2, 0.25) is 0 Å². The van der Waals surface area contributed by atoms with Gasteiger partial charge in [0, 0.05) is 6.42 Å². The number of benzene rings is 1. The Balaban J connectivity index is 2.77. The molecule has 2 nitrogen and oxygen atoms in total. The van der Waals surface area contributed by atoms with Crippen LogP contribution in [0.3, 0.4) is 0 Å². The van der Waals surface area contributed by atoms with E-state index in [1.54, 1.807) is 18.2 Å². The summed E-state index contributed by atoms with van der Waals surface area (Å²) >= 11 is 3.26. The van der Waals surface area contributed by atoms with Gasteiger partial charge in [0.25, 0.3) is 0 Å². The van der Waals surface area contributed by atoms with E-state index >= 15 is 0 Å². The lowest BCUT2D eigenvalue weighted by atomic mass is 10.2. The number of hydrogen-bond acceptors (Lipinski definition) is 2. The highest BCUT2D eigenvalue weighted by Gasteiger charge is 2.06. The molecule has 0 aliphatic heterocycles. The average Bonchev–Trinajstić information content (AvgIpc) is 2.20. The van der Waals surface area contributed by atoms with Gasteiger partial charge in [0.05, 0.1) is 23.3 Å². The quantitative estimate of drug-likeness (QED) is 0.601. The monoisotopic (exact) mass is 260 g/mol. The maximum absolute atomic E-state index is 11.8. The molecule has 0 atom stereocenters. The normalized spacial score (nSPS) is 9.86. The predicted octanol–water partition coefficient (Wildman–Crippen LogP) is 3.00. The van der Waals surface area contributed by atoms with Crippen LogP contribution in [0.1, 0.15) is 16.8 Å². The standard InChI is InChI=1S/C10H10BrFO2/c11-9-4-1-3-8(7-13)10(9)14-6-2-5-12/h1,3-4,7H,2,5-6H2. The summed E-state index contributed by atoms with van der Waals surface area (Å²) < 4.78 is 17.8. The fourth-order valence-electron chi connectivity index (χ4n) is 0.999. The topological polar surface area (TPSA) is 26.3 Å². The van der Waals surface area contributed by atoms with Crippen LogP contribution in [0.4, 0.5) is 4.39 Å². The van der Waals surface area contributed by atoms with Gasteiger partial charge in [-0.05, 0) is 28.1 Å². The number of para-hydroxylation sites is 1. The molecule has 0 amide bonds. The first-order valence-electron chi connectivity index (χ1n) is 4.22. The van der Waals surface area contributed by atoms with Crippen LogP contribution in [-0.4, -0.2) is 19.6 Å². The minimum Gasteiger partial charge on any atom is -0.492 e. The number of aldehydes is 1. The van der Waals surface area contributed by atoms with Crippen LogP contribution in [0.25, 0.3) is 0 Å². The molecule has 0 saturated carbocycles. The highest BCUT2D eigenvalue weighted by atomic mass is 79.9. The van der Waals surface area contributed by atoms with Gasteiger partial charge in [-0.3, -0.25) is 9.18 Å². The summed E-state index contributed by atoms with van der Waals surface area (Å²) in [6, 6.07) is 5.18. The first-order chi connectivity index (χ1) is 6.79. The van der Waals surface area contributed by atoms with Crippen LogP contribution < -0.4 is 4.74 Å². The van der Waals surface area contributed by atoms with Crippen molar-refractivity contribution in [3.63, 3.8) is 0 Å². The molecular weight excluding hydrogens is 251 g/mol. The summed E-state index contributed by atoms with van der Waals surface area (Å²) in [4.78, 5) is 10.6. The van der Waals surface area contributed by atoms with E-state index in [4.69, 9.17) is 4.74 Å². The Morgan fingerprint density at radius 1 is 1.50 bits per heavy atom. The molecule has 0 heterocycles. The molecule has 0 saturated heterocycles. The number of ether oxygens (including phenoxy) is 1. The van der Waals surface area contributed by atoms with Gasteiger partial charge in [-0.25, -0.2) is 0 Å². The third-order valence-electron chi connectivity index (χ3n) is 1.65. The van der Waals surface area contributed by atoms with Crippen molar-refractivity contribution in [3.8, 4) is 5.75 Å². The van der Waals surface area contributed by atoms with Gasteiger partial charge in [0.15, 0.2) is 6.29 Å². The minimum atomic E-state index is -0.416. The third-order valence-corrected chi connectivity index (χ3v) is 2.27. The van der Waals surface area contributed by atoms with Crippen LogP contribution in [0, 0.1) is 0 Å². The zero-order valence-electron chi connectivity index (χ0n) is 7.50. The molecule has 14 heavy (non-hydrogen) atoms. The summed E-state index contributed by atoms with van der Waals surface area (Å²) in [5.41, 5.74) is 0.471. The number of hydrogen-bond donors (Lipinski definition) is 0. The third kappa shape index (κ3) is 2.80. The molecule has 76 valence electrons. The molecule has 1 aromatic carbocycles. The van der Waals surface area contributed by atoms with Crippen molar-refractivity contribution < 1.29 is 13.9 Å². The molecule has 0 bridgehead atoms. The van der Waals surface area contributed by atoms with Crippen molar-refractivity contribution in [3.05, 3.63) is 28.2 Å². The molecule has 0 aliphatic carbocycles. The van der Waals surface area contributed by atoms with E-state index < -0.39 is 6.67 Å². The summed E-state index contributed by atoms with van der Waals surface area (Å²) in [6.07, 6.45) is 1.05. The predicted molar refractivity (Wildman–Crippen MR) is 55.6 cm³/mol. The Morgan fingerprint density at radius 2 is 2.29 bits per heavy atom. The molecule has 4 heteroatoms. The summed E-state index contributed by atoms with van der Waals surface area (Å²) in [5.74, 6) is 0.482. The Labute approximate surface area is 90.2 Å². The number of carbonyl (C=O) groups is 1. The molecule has 0 fully saturated rings. The first kappa shape index (κ1) is 11.2.